The van der Waals surface area contributed by atoms with Gasteiger partial charge in [-0.05, 0) is 74.7 Å². The average molecular weight is 298 g/mol. The summed E-state index contributed by atoms with van der Waals surface area (Å²) >= 11 is 0. The molecule has 2 aliphatic carbocycles. The van der Waals surface area contributed by atoms with Crippen LogP contribution in [0.5, 0.6) is 0 Å². The summed E-state index contributed by atoms with van der Waals surface area (Å²) in [5, 5.41) is 3.27. The van der Waals surface area contributed by atoms with E-state index in [0.29, 0.717) is 6.04 Å². The smallest absolute Gasteiger partial charge is 0.251 e. The molecule has 1 aliphatic heterocycles. The zero-order valence-electron chi connectivity index (χ0n) is 13.3. The van der Waals surface area contributed by atoms with Crippen molar-refractivity contribution in [3.63, 3.8) is 0 Å². The molecule has 1 saturated heterocycles. The van der Waals surface area contributed by atoms with Crippen molar-refractivity contribution < 1.29 is 4.79 Å². The van der Waals surface area contributed by atoms with E-state index in [0.717, 1.165) is 23.9 Å². The van der Waals surface area contributed by atoms with Crippen LogP contribution in [0.15, 0.2) is 24.3 Å². The van der Waals surface area contributed by atoms with Gasteiger partial charge < -0.3 is 5.32 Å². The van der Waals surface area contributed by atoms with Gasteiger partial charge >= 0.3 is 0 Å². The van der Waals surface area contributed by atoms with E-state index in [-0.39, 0.29) is 5.91 Å². The Morgan fingerprint density at radius 3 is 2.50 bits per heavy atom. The second kappa shape index (κ2) is 6.04. The van der Waals surface area contributed by atoms with Crippen LogP contribution in [0.4, 0.5) is 0 Å². The van der Waals surface area contributed by atoms with E-state index in [4.69, 9.17) is 0 Å². The number of carbonyl (C=O) groups is 1. The summed E-state index contributed by atoms with van der Waals surface area (Å²) in [5.74, 6) is 1.73. The summed E-state index contributed by atoms with van der Waals surface area (Å²) in [7, 11) is 0. The molecule has 3 heteroatoms. The zero-order valence-corrected chi connectivity index (χ0v) is 13.3. The predicted molar refractivity (Wildman–Crippen MR) is 87.7 cm³/mol. The van der Waals surface area contributed by atoms with Crippen LogP contribution in [0.25, 0.3) is 0 Å². The minimum atomic E-state index is 0.116. The van der Waals surface area contributed by atoms with E-state index >= 15 is 0 Å². The number of fused-ring (bicyclic) bond motifs is 2. The van der Waals surface area contributed by atoms with Crippen LogP contribution in [-0.2, 0) is 6.54 Å². The number of nitrogens with one attached hydrogen (secondary N) is 1. The lowest BCUT2D eigenvalue weighted by Gasteiger charge is -2.23. The molecular weight excluding hydrogens is 272 g/mol. The third kappa shape index (κ3) is 2.91. The van der Waals surface area contributed by atoms with Crippen molar-refractivity contribution in [2.24, 2.45) is 11.8 Å². The topological polar surface area (TPSA) is 32.3 Å². The van der Waals surface area contributed by atoms with Crippen molar-refractivity contribution >= 4 is 5.91 Å². The maximum absolute atomic E-state index is 12.4. The Labute approximate surface area is 133 Å². The molecule has 3 atom stereocenters. The standard InChI is InChI=1S/C19H26N2O/c22-19(20-18-12-15-5-8-17(18)11-15)16-6-3-14(4-7-16)13-21-9-1-2-10-21/h3-4,6-7,15,17-18H,1-2,5,8-13H2,(H,20,22)/t15-,17-,18+/m0/s1. The number of benzene rings is 1. The average Bonchev–Trinajstić information content (AvgIpc) is 3.25. The minimum absolute atomic E-state index is 0.116. The fourth-order valence-corrected chi connectivity index (χ4v) is 4.63. The van der Waals surface area contributed by atoms with E-state index in [9.17, 15) is 4.79 Å². The highest BCUT2D eigenvalue weighted by molar-refractivity contribution is 5.94. The number of rotatable bonds is 4. The van der Waals surface area contributed by atoms with Crippen molar-refractivity contribution in [1.29, 1.82) is 0 Å². The van der Waals surface area contributed by atoms with Crippen molar-refractivity contribution in [2.45, 2.75) is 51.1 Å². The van der Waals surface area contributed by atoms with Crippen LogP contribution < -0.4 is 5.32 Å². The largest absolute Gasteiger partial charge is 0.349 e. The monoisotopic (exact) mass is 298 g/mol. The predicted octanol–water partition coefficient (Wildman–Crippen LogP) is 3.20. The van der Waals surface area contributed by atoms with E-state index in [1.54, 1.807) is 0 Å². The molecule has 0 unspecified atom stereocenters. The molecule has 1 heterocycles. The van der Waals surface area contributed by atoms with Crippen molar-refractivity contribution in [3.05, 3.63) is 35.4 Å². The Hall–Kier alpha value is -1.35. The van der Waals surface area contributed by atoms with Crippen LogP contribution in [0, 0.1) is 11.8 Å². The number of hydrogen-bond donors (Lipinski definition) is 1. The number of hydrogen-bond acceptors (Lipinski definition) is 2. The van der Waals surface area contributed by atoms with Crippen LogP contribution in [0.2, 0.25) is 0 Å². The molecule has 0 spiro atoms. The number of likely N-dealkylation sites (tertiary alicyclic amines) is 1. The molecule has 4 rings (SSSR count). The van der Waals surface area contributed by atoms with E-state index in [1.165, 1.54) is 57.2 Å². The highest BCUT2D eigenvalue weighted by Gasteiger charge is 2.40. The molecule has 3 nitrogen and oxygen atoms in total. The van der Waals surface area contributed by atoms with Crippen molar-refractivity contribution in [2.75, 3.05) is 13.1 Å². The third-order valence-electron chi connectivity index (χ3n) is 5.88. The summed E-state index contributed by atoms with van der Waals surface area (Å²) in [5.41, 5.74) is 2.13. The fourth-order valence-electron chi connectivity index (χ4n) is 4.63. The van der Waals surface area contributed by atoms with Gasteiger partial charge in [-0.2, -0.15) is 0 Å². The van der Waals surface area contributed by atoms with Gasteiger partial charge in [-0.15, -0.1) is 0 Å². The molecule has 0 aromatic heterocycles. The first kappa shape index (κ1) is 14.3. The van der Waals surface area contributed by atoms with Crippen LogP contribution in [0.1, 0.15) is 54.4 Å². The van der Waals surface area contributed by atoms with Crippen molar-refractivity contribution in [1.82, 2.24) is 10.2 Å². The summed E-state index contributed by atoms with van der Waals surface area (Å²) in [6.45, 7) is 3.45. The van der Waals surface area contributed by atoms with Crippen LogP contribution in [-0.4, -0.2) is 29.9 Å². The van der Waals surface area contributed by atoms with Gasteiger partial charge in [0.15, 0.2) is 0 Å². The van der Waals surface area contributed by atoms with Gasteiger partial charge in [0.05, 0.1) is 0 Å². The second-order valence-electron chi connectivity index (χ2n) is 7.43. The molecule has 1 aromatic carbocycles. The quantitative estimate of drug-likeness (QED) is 0.926. The Kier molecular flexibility index (Phi) is 3.91. The molecule has 2 bridgehead atoms. The normalized spacial score (nSPS) is 30.8. The summed E-state index contributed by atoms with van der Waals surface area (Å²) in [6.07, 6.45) is 7.86. The van der Waals surface area contributed by atoms with Crippen LogP contribution in [0.3, 0.4) is 0 Å². The van der Waals surface area contributed by atoms with E-state index < -0.39 is 0 Å². The third-order valence-corrected chi connectivity index (χ3v) is 5.88. The zero-order chi connectivity index (χ0) is 14.9. The first-order valence-electron chi connectivity index (χ1n) is 8.90. The van der Waals surface area contributed by atoms with Crippen LogP contribution >= 0.6 is 0 Å². The molecular formula is C19H26N2O. The summed E-state index contributed by atoms with van der Waals surface area (Å²) in [6, 6.07) is 8.65. The van der Waals surface area contributed by atoms with Gasteiger partial charge in [0.25, 0.3) is 5.91 Å². The second-order valence-corrected chi connectivity index (χ2v) is 7.43. The SMILES string of the molecule is O=C(N[C@@H]1C[C@H]2CC[C@H]1C2)c1ccc(CN2CCCC2)cc1. The first-order valence-corrected chi connectivity index (χ1v) is 8.90. The molecule has 1 N–H and O–H groups in total. The molecule has 22 heavy (non-hydrogen) atoms. The molecule has 3 fully saturated rings. The molecule has 0 radical (unpaired) electrons. The Balaban J connectivity index is 1.34. The Morgan fingerprint density at radius 1 is 1.09 bits per heavy atom. The van der Waals surface area contributed by atoms with Gasteiger partial charge in [0, 0.05) is 18.2 Å². The highest BCUT2D eigenvalue weighted by Crippen LogP contribution is 2.44. The lowest BCUT2D eigenvalue weighted by atomic mass is 9.95. The lowest BCUT2D eigenvalue weighted by molar-refractivity contribution is 0.0923. The summed E-state index contributed by atoms with van der Waals surface area (Å²) < 4.78 is 0. The Morgan fingerprint density at radius 2 is 1.86 bits per heavy atom. The maximum Gasteiger partial charge on any atom is 0.251 e. The van der Waals surface area contributed by atoms with Gasteiger partial charge in [0.2, 0.25) is 0 Å². The van der Waals surface area contributed by atoms with Crippen molar-refractivity contribution in [3.8, 4) is 0 Å². The van der Waals surface area contributed by atoms with Gasteiger partial charge in [-0.25, -0.2) is 0 Å². The fraction of sp³-hybridized carbons (Fsp3) is 0.632. The molecule has 118 valence electrons. The van der Waals surface area contributed by atoms with E-state index in [2.05, 4.69) is 22.3 Å². The highest BCUT2D eigenvalue weighted by atomic mass is 16.1. The van der Waals surface area contributed by atoms with Gasteiger partial charge in [-0.3, -0.25) is 9.69 Å². The lowest BCUT2D eigenvalue weighted by Crippen LogP contribution is -2.38. The van der Waals surface area contributed by atoms with E-state index in [1.807, 2.05) is 12.1 Å². The number of nitrogens with zero attached hydrogens (tertiary/aromatic N) is 1. The molecule has 1 aromatic rings. The number of carbonyl (C=O) groups excluding carboxylic acids is 1. The first-order chi connectivity index (χ1) is 10.8. The minimum Gasteiger partial charge on any atom is -0.349 e. The molecule has 1 amide bonds. The van der Waals surface area contributed by atoms with Gasteiger partial charge in [0.1, 0.15) is 0 Å². The van der Waals surface area contributed by atoms with Gasteiger partial charge in [-0.1, -0.05) is 18.6 Å². The molecule has 3 aliphatic rings. The summed E-state index contributed by atoms with van der Waals surface area (Å²) in [4.78, 5) is 14.9. The number of amides is 1. The maximum atomic E-state index is 12.4. The Bertz CT molecular complexity index is 533. The molecule has 2 saturated carbocycles.